The van der Waals surface area contributed by atoms with E-state index in [1.54, 1.807) is 0 Å². The van der Waals surface area contributed by atoms with Crippen LogP contribution >= 0.6 is 46.4 Å². The van der Waals surface area contributed by atoms with E-state index in [1.807, 2.05) is 0 Å². The first-order valence-corrected chi connectivity index (χ1v) is 4.13. The van der Waals surface area contributed by atoms with Gasteiger partial charge in [0, 0.05) is 6.92 Å². The Morgan fingerprint density at radius 3 is 1.73 bits per heavy atom. The van der Waals surface area contributed by atoms with Gasteiger partial charge in [0.1, 0.15) is 0 Å². The number of alkyl halides is 4. The summed E-state index contributed by atoms with van der Waals surface area (Å²) in [5.74, 6) is -0.650. The molecular formula is C5H6Cl4O2. The van der Waals surface area contributed by atoms with E-state index < -0.39 is 14.8 Å². The Morgan fingerprint density at radius 2 is 1.64 bits per heavy atom. The van der Waals surface area contributed by atoms with Crippen molar-refractivity contribution < 1.29 is 9.53 Å². The molecule has 0 saturated carbocycles. The molecule has 0 radical (unpaired) electrons. The Balaban J connectivity index is 4.34. The third kappa shape index (κ3) is 3.70. The van der Waals surface area contributed by atoms with Crippen LogP contribution in [0.2, 0.25) is 0 Å². The van der Waals surface area contributed by atoms with Crippen molar-refractivity contribution in [2.45, 2.75) is 22.7 Å². The SMILES string of the molecule is CC(=O)OC(Cl)(Cl)C(C)(Cl)Cl. The van der Waals surface area contributed by atoms with Crippen LogP contribution in [-0.4, -0.2) is 14.8 Å². The van der Waals surface area contributed by atoms with Gasteiger partial charge in [-0.15, -0.1) is 0 Å². The lowest BCUT2D eigenvalue weighted by Crippen LogP contribution is -2.37. The van der Waals surface area contributed by atoms with Gasteiger partial charge in [-0.2, -0.15) is 0 Å². The van der Waals surface area contributed by atoms with Crippen LogP contribution in [0.15, 0.2) is 0 Å². The summed E-state index contributed by atoms with van der Waals surface area (Å²) in [5.41, 5.74) is 0. The average molecular weight is 240 g/mol. The molecule has 0 unspecified atom stereocenters. The molecule has 66 valence electrons. The Morgan fingerprint density at radius 1 is 1.27 bits per heavy atom. The van der Waals surface area contributed by atoms with Crippen molar-refractivity contribution in [1.82, 2.24) is 0 Å². The minimum absolute atomic E-state index is 0.650. The van der Waals surface area contributed by atoms with E-state index in [2.05, 4.69) is 4.74 Å². The Labute approximate surface area is 84.7 Å². The number of esters is 1. The third-order valence-corrected chi connectivity index (χ3v) is 2.61. The summed E-state index contributed by atoms with van der Waals surface area (Å²) in [6, 6.07) is 0. The van der Waals surface area contributed by atoms with E-state index >= 15 is 0 Å². The molecule has 0 aliphatic rings. The van der Waals surface area contributed by atoms with Crippen molar-refractivity contribution in [3.63, 3.8) is 0 Å². The minimum atomic E-state index is -1.91. The molecule has 6 heteroatoms. The molecule has 0 aliphatic carbocycles. The standard InChI is InChI=1S/C5H6Cl4O2/c1-3(10)11-5(8,9)4(2,6)7/h1-2H3. The number of rotatable bonds is 2. The lowest BCUT2D eigenvalue weighted by molar-refractivity contribution is -0.145. The maximum atomic E-state index is 10.4. The molecule has 0 atom stereocenters. The molecule has 0 aromatic heterocycles. The topological polar surface area (TPSA) is 26.3 Å². The van der Waals surface area contributed by atoms with Crippen molar-refractivity contribution in [3.05, 3.63) is 0 Å². The molecule has 0 bridgehead atoms. The van der Waals surface area contributed by atoms with E-state index in [4.69, 9.17) is 46.4 Å². The molecule has 11 heavy (non-hydrogen) atoms. The summed E-state index contributed by atoms with van der Waals surface area (Å²) in [7, 11) is 0. The quantitative estimate of drug-likeness (QED) is 0.547. The van der Waals surface area contributed by atoms with Gasteiger partial charge in [0.15, 0.2) is 4.33 Å². The Hall–Kier alpha value is 0.630. The first kappa shape index (κ1) is 11.6. The second-order valence-electron chi connectivity index (χ2n) is 2.00. The number of carbonyl (C=O) groups is 1. The van der Waals surface area contributed by atoms with Crippen LogP contribution < -0.4 is 0 Å². The molecule has 0 amide bonds. The summed E-state index contributed by atoms with van der Waals surface area (Å²) in [6.07, 6.45) is 0. The number of hydrogen-bond donors (Lipinski definition) is 0. The van der Waals surface area contributed by atoms with E-state index in [1.165, 1.54) is 6.92 Å². The molecule has 2 nitrogen and oxygen atoms in total. The Bertz CT molecular complexity index is 160. The van der Waals surface area contributed by atoms with Gasteiger partial charge in [-0.3, -0.25) is 4.79 Å². The molecule has 0 spiro atoms. The normalized spacial score (nSPS) is 12.9. The fourth-order valence-electron chi connectivity index (χ4n) is 0.270. The molecule has 0 aromatic carbocycles. The van der Waals surface area contributed by atoms with Crippen LogP contribution in [0.25, 0.3) is 0 Å². The summed E-state index contributed by atoms with van der Waals surface area (Å²) < 4.78 is 0.976. The number of halogens is 4. The zero-order valence-corrected chi connectivity index (χ0v) is 8.85. The van der Waals surface area contributed by atoms with E-state index in [0.717, 1.165) is 6.92 Å². The first-order chi connectivity index (χ1) is 4.67. The highest BCUT2D eigenvalue weighted by atomic mass is 35.5. The summed E-state index contributed by atoms with van der Waals surface area (Å²) in [5, 5.41) is 0. The van der Waals surface area contributed by atoms with Gasteiger partial charge in [-0.1, -0.05) is 46.4 Å². The zero-order valence-electron chi connectivity index (χ0n) is 5.83. The van der Waals surface area contributed by atoms with Gasteiger partial charge >= 0.3 is 5.97 Å². The number of carbonyl (C=O) groups excluding carboxylic acids is 1. The predicted octanol–water partition coefficient (Wildman–Crippen LogP) is 2.87. The molecule has 0 aromatic rings. The highest BCUT2D eigenvalue weighted by Crippen LogP contribution is 2.43. The van der Waals surface area contributed by atoms with Crippen molar-refractivity contribution >= 4 is 52.4 Å². The smallest absolute Gasteiger partial charge is 0.305 e. The number of hydrogen-bond acceptors (Lipinski definition) is 2. The summed E-state index contributed by atoms with van der Waals surface area (Å²) >= 11 is 21.9. The monoisotopic (exact) mass is 238 g/mol. The molecule has 0 saturated heterocycles. The molecule has 0 N–H and O–H groups in total. The maximum Gasteiger partial charge on any atom is 0.305 e. The zero-order chi connectivity index (χ0) is 9.28. The van der Waals surface area contributed by atoms with Crippen molar-refractivity contribution in [3.8, 4) is 0 Å². The summed E-state index contributed by atoms with van der Waals surface area (Å²) in [6.45, 7) is 2.47. The number of ether oxygens (including phenoxy) is 1. The lowest BCUT2D eigenvalue weighted by atomic mass is 10.5. The fourth-order valence-corrected chi connectivity index (χ4v) is 0.565. The molecular weight excluding hydrogens is 234 g/mol. The molecule has 0 rings (SSSR count). The molecule has 0 heterocycles. The van der Waals surface area contributed by atoms with Crippen molar-refractivity contribution in [2.24, 2.45) is 0 Å². The first-order valence-electron chi connectivity index (χ1n) is 2.62. The van der Waals surface area contributed by atoms with Gasteiger partial charge in [0.05, 0.1) is 0 Å². The van der Waals surface area contributed by atoms with E-state index in [0.29, 0.717) is 0 Å². The summed E-state index contributed by atoms with van der Waals surface area (Å²) in [4.78, 5) is 10.4. The van der Waals surface area contributed by atoms with Gasteiger partial charge in [-0.05, 0) is 6.92 Å². The van der Waals surface area contributed by atoms with Crippen molar-refractivity contribution in [1.29, 1.82) is 0 Å². The predicted molar refractivity (Wildman–Crippen MR) is 46.3 cm³/mol. The molecule has 0 fully saturated rings. The van der Waals surface area contributed by atoms with Crippen molar-refractivity contribution in [2.75, 3.05) is 0 Å². The van der Waals surface area contributed by atoms with Crippen LogP contribution in [0, 0.1) is 0 Å². The minimum Gasteiger partial charge on any atom is -0.426 e. The van der Waals surface area contributed by atoms with Gasteiger partial charge in [0.2, 0.25) is 0 Å². The highest BCUT2D eigenvalue weighted by Gasteiger charge is 2.46. The maximum absolute atomic E-state index is 10.4. The average Bonchev–Trinajstić information content (AvgIpc) is 1.56. The van der Waals surface area contributed by atoms with Gasteiger partial charge in [-0.25, -0.2) is 0 Å². The third-order valence-electron chi connectivity index (χ3n) is 0.783. The fraction of sp³-hybridized carbons (Fsp3) is 0.800. The van der Waals surface area contributed by atoms with Crippen LogP contribution in [0.4, 0.5) is 0 Å². The molecule has 0 aliphatic heterocycles. The Kier molecular flexibility index (Phi) is 3.77. The van der Waals surface area contributed by atoms with E-state index in [-0.39, 0.29) is 0 Å². The van der Waals surface area contributed by atoms with Crippen LogP contribution in [0.3, 0.4) is 0 Å². The van der Waals surface area contributed by atoms with Crippen LogP contribution in [0.5, 0.6) is 0 Å². The second-order valence-corrected chi connectivity index (χ2v) is 4.96. The van der Waals surface area contributed by atoms with Gasteiger partial charge < -0.3 is 4.74 Å². The van der Waals surface area contributed by atoms with Gasteiger partial charge in [0.25, 0.3) is 4.52 Å². The highest BCUT2D eigenvalue weighted by molar-refractivity contribution is 6.61. The largest absolute Gasteiger partial charge is 0.426 e. The van der Waals surface area contributed by atoms with E-state index in [9.17, 15) is 4.79 Å². The lowest BCUT2D eigenvalue weighted by Gasteiger charge is -2.27. The van der Waals surface area contributed by atoms with Crippen LogP contribution in [-0.2, 0) is 9.53 Å². The second kappa shape index (κ2) is 3.56. The van der Waals surface area contributed by atoms with Crippen LogP contribution in [0.1, 0.15) is 13.8 Å².